The predicted octanol–water partition coefficient (Wildman–Crippen LogP) is 8.69. The van der Waals surface area contributed by atoms with Gasteiger partial charge in [0.2, 0.25) is 35.4 Å². The zero-order chi connectivity index (χ0) is 74.0. The molecule has 0 saturated heterocycles. The molecule has 0 aliphatic heterocycles. The molecule has 0 spiro atoms. The molecule has 0 aromatic heterocycles. The summed E-state index contributed by atoms with van der Waals surface area (Å²) in [5.74, 6) is -8.93. The highest BCUT2D eigenvalue weighted by molar-refractivity contribution is 6.08. The third-order valence-electron chi connectivity index (χ3n) is 12.9. The monoisotopic (exact) mass is 1360 g/mol. The molecule has 97 heavy (non-hydrogen) atoms. The van der Waals surface area contributed by atoms with Crippen molar-refractivity contribution < 1.29 is 86.0 Å². The normalized spacial score (nSPS) is 13.5. The molecule has 0 fully saturated rings. The fourth-order valence-electron chi connectivity index (χ4n) is 8.47. The van der Waals surface area contributed by atoms with E-state index in [-0.39, 0.29) is 57.4 Å². The Morgan fingerprint density at radius 2 is 0.536 bits per heavy atom. The van der Waals surface area contributed by atoms with Gasteiger partial charge < -0.3 is 87.5 Å². The topological polar surface area (TPSA) is 412 Å². The molecule has 0 heterocycles. The van der Waals surface area contributed by atoms with Crippen molar-refractivity contribution in [3.8, 4) is 0 Å². The summed E-state index contributed by atoms with van der Waals surface area (Å²) in [6.45, 7) is 35.2. The molecule has 3 rings (SSSR count). The van der Waals surface area contributed by atoms with E-state index in [1.807, 2.05) is 0 Å². The standard InChI is InChI=1S/C67H98N12O18/c1-23-93-59(88)41-28-46(73-51(80)36(8)68-54(83)39-24-42(71-52(81)37(9)69-60(89)94-64(11,12)13)30-43(25-39)72-53(82)38(10)70-61(90)95-65(14,15)16)32-47(29-41)76-56(85)48(33(2)3)77-55(84)40-26-44(74-57(86)49(34(4)5)78-62(91)96-66(17,18)19)31-45(27-40)75-58(87)50(35(6)7)79-63(92)97-67(20,21)22/h24-38,48-50H,23H2,1-22H3,(H,68,83)(H,69,89)(H,70,90)(H,71,81)(H,72,82)(H,73,80)(H,74,86)(H,75,87)(H,76,85)(H,77,84)(H,78,91)(H,79,92)/t36-,37-,38-,48-,49-,50-/m0/s1. The van der Waals surface area contributed by atoms with Crippen molar-refractivity contribution in [1.29, 1.82) is 0 Å². The zero-order valence-corrected chi connectivity index (χ0v) is 59.4. The van der Waals surface area contributed by atoms with Gasteiger partial charge in [0.25, 0.3) is 11.8 Å². The van der Waals surface area contributed by atoms with Gasteiger partial charge in [-0.3, -0.25) is 38.4 Å². The minimum absolute atomic E-state index is 0.0374. The lowest BCUT2D eigenvalue weighted by molar-refractivity contribution is -0.119. The lowest BCUT2D eigenvalue weighted by Gasteiger charge is -2.26. The summed E-state index contributed by atoms with van der Waals surface area (Å²) in [6, 6.07) is 4.00. The second-order valence-electron chi connectivity index (χ2n) is 27.9. The first-order valence-electron chi connectivity index (χ1n) is 31.6. The lowest BCUT2D eigenvalue weighted by Crippen LogP contribution is -2.49. The van der Waals surface area contributed by atoms with Crippen LogP contribution in [0.1, 0.15) is 183 Å². The van der Waals surface area contributed by atoms with Crippen molar-refractivity contribution in [2.45, 2.75) is 211 Å². The molecular weight excluding hydrogens is 1260 g/mol. The Bertz CT molecular complexity index is 3270. The number of rotatable bonds is 25. The van der Waals surface area contributed by atoms with E-state index in [9.17, 15) is 62.3 Å². The summed E-state index contributed by atoms with van der Waals surface area (Å²) in [5.41, 5.74) is -4.42. The molecule has 6 atom stereocenters. The third-order valence-corrected chi connectivity index (χ3v) is 12.9. The van der Waals surface area contributed by atoms with E-state index in [1.165, 1.54) is 75.4 Å². The minimum atomic E-state index is -1.37. The molecule has 0 bridgehead atoms. The van der Waals surface area contributed by atoms with E-state index < -0.39 is 154 Å². The average molecular weight is 1360 g/mol. The Labute approximate surface area is 566 Å². The van der Waals surface area contributed by atoms with Gasteiger partial charge in [0.15, 0.2) is 0 Å². The largest absolute Gasteiger partial charge is 0.462 e. The number of alkyl carbamates (subject to hydrolysis) is 4. The Hall–Kier alpha value is -10.0. The highest BCUT2D eigenvalue weighted by atomic mass is 16.6. The SMILES string of the molecule is CCOC(=O)c1cc(NC(=O)[C@H](C)NC(=O)c2cc(NC(=O)[C@H](C)NC(=O)OC(C)(C)C)cc(NC(=O)[C@H](C)NC(=O)OC(C)(C)C)c2)cc(NC(=O)[C@@H](NC(=O)c2cc(NC(=O)[C@@H](NC(=O)OC(C)(C)C)C(C)C)cc(NC(=O)[C@@H](NC(=O)OC(C)(C)C)C(C)C)c2)C(C)C)c1. The van der Waals surface area contributed by atoms with E-state index in [1.54, 1.807) is 132 Å². The zero-order valence-electron chi connectivity index (χ0n) is 59.4. The maximum absolute atomic E-state index is 14.5. The Morgan fingerprint density at radius 1 is 0.309 bits per heavy atom. The van der Waals surface area contributed by atoms with Crippen molar-refractivity contribution in [3.63, 3.8) is 0 Å². The summed E-state index contributed by atoms with van der Waals surface area (Å²) >= 11 is 0. The van der Waals surface area contributed by atoms with E-state index in [4.69, 9.17) is 23.7 Å². The predicted molar refractivity (Wildman–Crippen MR) is 364 cm³/mol. The minimum Gasteiger partial charge on any atom is -0.462 e. The molecule has 0 aliphatic rings. The Morgan fingerprint density at radius 3 is 0.794 bits per heavy atom. The first-order valence-corrected chi connectivity index (χ1v) is 31.6. The number of anilines is 6. The molecule has 12 N–H and O–H groups in total. The molecule has 12 amide bonds. The van der Waals surface area contributed by atoms with Gasteiger partial charge in [0.05, 0.1) is 12.2 Å². The van der Waals surface area contributed by atoms with Crippen LogP contribution in [-0.4, -0.2) is 143 Å². The molecule has 3 aromatic rings. The number of hydrogen-bond acceptors (Lipinski definition) is 18. The van der Waals surface area contributed by atoms with E-state index >= 15 is 0 Å². The van der Waals surface area contributed by atoms with Crippen molar-refractivity contribution in [3.05, 3.63) is 71.3 Å². The second-order valence-corrected chi connectivity index (χ2v) is 27.9. The smallest absolute Gasteiger partial charge is 0.408 e. The fourth-order valence-corrected chi connectivity index (χ4v) is 8.47. The van der Waals surface area contributed by atoms with Gasteiger partial charge in [-0.05, 0) is 183 Å². The van der Waals surface area contributed by atoms with Crippen LogP contribution in [0.25, 0.3) is 0 Å². The van der Waals surface area contributed by atoms with Gasteiger partial charge in [-0.1, -0.05) is 41.5 Å². The highest BCUT2D eigenvalue weighted by Gasteiger charge is 2.33. The fraction of sp³-hybridized carbons (Fsp3) is 0.537. The van der Waals surface area contributed by atoms with Crippen LogP contribution in [0, 0.1) is 17.8 Å². The molecular formula is C67H98N12O18. The van der Waals surface area contributed by atoms with Crippen LogP contribution in [0.2, 0.25) is 0 Å². The van der Waals surface area contributed by atoms with Crippen molar-refractivity contribution in [1.82, 2.24) is 31.9 Å². The van der Waals surface area contributed by atoms with Crippen LogP contribution in [0.4, 0.5) is 53.3 Å². The van der Waals surface area contributed by atoms with Crippen LogP contribution in [0.5, 0.6) is 0 Å². The first kappa shape index (κ1) is 81.2. The van der Waals surface area contributed by atoms with Gasteiger partial charge in [0.1, 0.15) is 58.7 Å². The number of nitrogens with one attached hydrogen (secondary N) is 12. The molecule has 3 aromatic carbocycles. The van der Waals surface area contributed by atoms with Crippen molar-refractivity contribution in [2.75, 3.05) is 38.5 Å². The number of carbonyl (C=O) groups excluding carboxylic acids is 13. The lowest BCUT2D eigenvalue weighted by atomic mass is 10.0. The van der Waals surface area contributed by atoms with E-state index in [0.29, 0.717) is 0 Å². The Kier molecular flexibility index (Phi) is 29.0. The van der Waals surface area contributed by atoms with Gasteiger partial charge >= 0.3 is 30.3 Å². The van der Waals surface area contributed by atoms with E-state index in [0.717, 1.165) is 0 Å². The number of hydrogen-bond donors (Lipinski definition) is 12. The molecule has 534 valence electrons. The highest BCUT2D eigenvalue weighted by Crippen LogP contribution is 2.26. The maximum atomic E-state index is 14.5. The molecule has 0 radical (unpaired) electrons. The summed E-state index contributed by atoms with van der Waals surface area (Å²) in [4.78, 5) is 176. The second kappa shape index (κ2) is 34.6. The average Bonchev–Trinajstić information content (AvgIpc) is 0.835. The molecule has 30 heteroatoms. The number of benzene rings is 3. The number of ether oxygens (including phenoxy) is 5. The molecule has 0 aliphatic carbocycles. The summed E-state index contributed by atoms with van der Waals surface area (Å²) in [7, 11) is 0. The van der Waals surface area contributed by atoms with Crippen LogP contribution in [0.3, 0.4) is 0 Å². The first-order chi connectivity index (χ1) is 44.5. The van der Waals surface area contributed by atoms with Gasteiger partial charge in [0, 0.05) is 45.3 Å². The summed E-state index contributed by atoms with van der Waals surface area (Å²) in [5, 5.41) is 31.1. The Balaban J connectivity index is 2.02. The molecule has 30 nitrogen and oxygen atoms in total. The number of amides is 12. The van der Waals surface area contributed by atoms with Crippen LogP contribution in [0.15, 0.2) is 54.6 Å². The summed E-state index contributed by atoms with van der Waals surface area (Å²) in [6.07, 6.45) is -3.52. The van der Waals surface area contributed by atoms with Gasteiger partial charge in [-0.15, -0.1) is 0 Å². The van der Waals surface area contributed by atoms with Crippen LogP contribution in [-0.2, 0) is 52.5 Å². The third kappa shape index (κ3) is 28.8. The quantitative estimate of drug-likeness (QED) is 0.0279. The molecule has 0 unspecified atom stereocenters. The number of esters is 1. The molecule has 0 saturated carbocycles. The van der Waals surface area contributed by atoms with Crippen molar-refractivity contribution in [2.24, 2.45) is 17.8 Å². The van der Waals surface area contributed by atoms with Crippen LogP contribution < -0.4 is 63.8 Å². The maximum Gasteiger partial charge on any atom is 0.408 e. The number of carbonyl (C=O) groups is 13. The summed E-state index contributed by atoms with van der Waals surface area (Å²) < 4.78 is 26.5. The van der Waals surface area contributed by atoms with Crippen molar-refractivity contribution >= 4 is 112 Å². The van der Waals surface area contributed by atoms with Gasteiger partial charge in [-0.25, -0.2) is 24.0 Å². The van der Waals surface area contributed by atoms with E-state index in [2.05, 4.69) is 63.8 Å². The van der Waals surface area contributed by atoms with Crippen LogP contribution >= 0.6 is 0 Å². The van der Waals surface area contributed by atoms with Gasteiger partial charge in [-0.2, -0.15) is 0 Å².